The summed E-state index contributed by atoms with van der Waals surface area (Å²) >= 11 is 0. The van der Waals surface area contributed by atoms with Gasteiger partial charge in [0, 0.05) is 57.8 Å². The smallest absolute Gasteiger partial charge is 0.475 e. The van der Waals surface area contributed by atoms with Crippen molar-refractivity contribution in [3.05, 3.63) is 30.1 Å². The highest BCUT2D eigenvalue weighted by atomic mass is 19.4. The Kier molecular flexibility index (Phi) is 11.8. The number of amides is 2. The highest BCUT2D eigenvalue weighted by Gasteiger charge is 2.50. The number of carbonyl (C=O) groups is 3. The van der Waals surface area contributed by atoms with Gasteiger partial charge in [0.1, 0.15) is 0 Å². The number of likely N-dealkylation sites (tertiary alicyclic amines) is 2. The van der Waals surface area contributed by atoms with Gasteiger partial charge < -0.3 is 29.6 Å². The van der Waals surface area contributed by atoms with E-state index < -0.39 is 24.3 Å². The van der Waals surface area contributed by atoms with Gasteiger partial charge in [0.15, 0.2) is 0 Å². The highest BCUT2D eigenvalue weighted by Crippen LogP contribution is 2.43. The molecule has 1 aromatic heterocycles. The maximum absolute atomic E-state index is 12.3. The van der Waals surface area contributed by atoms with Crippen LogP contribution in [0.1, 0.15) is 12.1 Å². The lowest BCUT2D eigenvalue weighted by molar-refractivity contribution is -0.193. The van der Waals surface area contributed by atoms with Crippen molar-refractivity contribution >= 4 is 18.0 Å². The lowest BCUT2D eigenvalue weighted by Gasteiger charge is -2.31. The van der Waals surface area contributed by atoms with Crippen LogP contribution in [0.5, 0.6) is 0 Å². The van der Waals surface area contributed by atoms with Crippen molar-refractivity contribution in [2.24, 2.45) is 11.3 Å². The Balaban J connectivity index is 0.000000426. The number of hydrogen-bond acceptors (Lipinski definition) is 6. The summed E-state index contributed by atoms with van der Waals surface area (Å²) in [6.07, 6.45) is -7.31. The molecule has 1 aromatic rings. The molecule has 10 nitrogen and oxygen atoms in total. The number of hydrogen-bond donors (Lipinski definition) is 2. The first kappa shape index (κ1) is 32.9. The zero-order valence-electron chi connectivity index (χ0n) is 20.9. The zero-order valence-corrected chi connectivity index (χ0v) is 20.9. The molecule has 2 amide bonds. The Morgan fingerprint density at radius 3 is 2.08 bits per heavy atom. The van der Waals surface area contributed by atoms with Crippen LogP contribution >= 0.6 is 0 Å². The molecule has 0 bridgehead atoms. The number of carbonyl (C=O) groups excluding carboxylic acids is 1. The van der Waals surface area contributed by atoms with E-state index in [2.05, 4.69) is 16.9 Å². The predicted octanol–water partition coefficient (Wildman–Crippen LogP) is 2.80. The number of nitrogens with zero attached hydrogens (tertiary/aromatic N) is 4. The number of aromatic nitrogens is 1. The molecule has 2 N–H and O–H groups in total. The van der Waals surface area contributed by atoms with Crippen LogP contribution in [-0.4, -0.2) is 114 Å². The maximum atomic E-state index is 12.3. The van der Waals surface area contributed by atoms with Gasteiger partial charge in [-0.2, -0.15) is 26.3 Å². The van der Waals surface area contributed by atoms with E-state index in [1.807, 2.05) is 37.2 Å². The first-order valence-electron chi connectivity index (χ1n) is 11.1. The fourth-order valence-electron chi connectivity index (χ4n) is 4.12. The van der Waals surface area contributed by atoms with E-state index >= 15 is 0 Å². The molecule has 2 atom stereocenters. The lowest BCUT2D eigenvalue weighted by atomic mass is 9.77. The molecule has 0 radical (unpaired) electrons. The lowest BCUT2D eigenvalue weighted by Crippen LogP contribution is -2.41. The monoisotopic (exact) mass is 560 g/mol. The van der Waals surface area contributed by atoms with Crippen LogP contribution in [-0.2, 0) is 20.9 Å². The number of pyridine rings is 1. The van der Waals surface area contributed by atoms with Crippen molar-refractivity contribution in [2.75, 3.05) is 53.9 Å². The van der Waals surface area contributed by atoms with Crippen LogP contribution in [0.3, 0.4) is 0 Å². The van der Waals surface area contributed by atoms with E-state index in [0.717, 1.165) is 44.9 Å². The van der Waals surface area contributed by atoms with Crippen LogP contribution in [0.15, 0.2) is 24.4 Å². The highest BCUT2D eigenvalue weighted by molar-refractivity contribution is 5.74. The summed E-state index contributed by atoms with van der Waals surface area (Å²) in [6, 6.07) is 6.01. The molecular weight excluding hydrogens is 530 g/mol. The molecule has 0 unspecified atom stereocenters. The molecule has 38 heavy (non-hydrogen) atoms. The molecule has 3 heterocycles. The number of aliphatic carboxylic acids is 2. The van der Waals surface area contributed by atoms with Crippen LogP contribution in [0, 0.1) is 11.3 Å². The first-order chi connectivity index (χ1) is 17.4. The van der Waals surface area contributed by atoms with Gasteiger partial charge in [-0.25, -0.2) is 14.4 Å². The summed E-state index contributed by atoms with van der Waals surface area (Å²) in [7, 11) is 5.81. The van der Waals surface area contributed by atoms with Gasteiger partial charge in [-0.3, -0.25) is 4.98 Å². The van der Waals surface area contributed by atoms with E-state index in [1.165, 1.54) is 0 Å². The minimum Gasteiger partial charge on any atom is -0.475 e. The largest absolute Gasteiger partial charge is 0.490 e. The van der Waals surface area contributed by atoms with Crippen LogP contribution < -0.4 is 0 Å². The van der Waals surface area contributed by atoms with Crippen LogP contribution in [0.2, 0.25) is 0 Å². The molecule has 2 fully saturated rings. The number of carboxylic acid groups (broad SMARTS) is 2. The Morgan fingerprint density at radius 1 is 1.08 bits per heavy atom. The van der Waals surface area contributed by atoms with Gasteiger partial charge >= 0.3 is 30.3 Å². The summed E-state index contributed by atoms with van der Waals surface area (Å²) < 4.78 is 69.5. The second-order valence-electron chi connectivity index (χ2n) is 9.05. The third kappa shape index (κ3) is 10.3. The third-order valence-electron chi connectivity index (χ3n) is 5.80. The van der Waals surface area contributed by atoms with Crippen molar-refractivity contribution in [2.45, 2.75) is 25.4 Å². The topological polar surface area (TPSA) is 124 Å². The first-order valence-corrected chi connectivity index (χ1v) is 11.1. The SMILES string of the molecule is CN1C[C@H](COCc2ccccn2)[C@]2(CCN(C(=O)N(C)C)C2)C1.O=C(O)C(F)(F)F.O=C(O)C(F)(F)F. The number of urea groups is 1. The van der Waals surface area contributed by atoms with Crippen LogP contribution in [0.4, 0.5) is 31.1 Å². The second-order valence-corrected chi connectivity index (χ2v) is 9.05. The normalized spacial score (nSPS) is 21.3. The third-order valence-corrected chi connectivity index (χ3v) is 5.80. The fourth-order valence-corrected chi connectivity index (χ4v) is 4.12. The number of carboxylic acids is 2. The van der Waals surface area contributed by atoms with Gasteiger partial charge in [0.2, 0.25) is 0 Å². The predicted molar refractivity (Wildman–Crippen MR) is 120 cm³/mol. The quantitative estimate of drug-likeness (QED) is 0.539. The van der Waals surface area contributed by atoms with Gasteiger partial charge in [-0.1, -0.05) is 6.07 Å². The molecule has 0 aliphatic carbocycles. The van der Waals surface area contributed by atoms with Gasteiger partial charge in [-0.15, -0.1) is 0 Å². The number of rotatable bonds is 4. The van der Waals surface area contributed by atoms with Gasteiger partial charge in [-0.05, 0) is 25.6 Å². The second kappa shape index (κ2) is 13.6. The zero-order chi connectivity index (χ0) is 29.3. The van der Waals surface area contributed by atoms with E-state index in [-0.39, 0.29) is 11.4 Å². The summed E-state index contributed by atoms with van der Waals surface area (Å²) in [5.74, 6) is -5.05. The number of alkyl halides is 6. The number of ether oxygens (including phenoxy) is 1. The van der Waals surface area contributed by atoms with E-state index in [9.17, 15) is 31.1 Å². The van der Waals surface area contributed by atoms with Crippen LogP contribution in [0.25, 0.3) is 0 Å². The Morgan fingerprint density at radius 2 is 1.63 bits per heavy atom. The van der Waals surface area contributed by atoms with Gasteiger partial charge in [0.25, 0.3) is 0 Å². The molecule has 0 saturated carbocycles. The summed E-state index contributed by atoms with van der Waals surface area (Å²) in [5.41, 5.74) is 1.14. The fraction of sp³-hybridized carbons (Fsp3) is 0.636. The van der Waals surface area contributed by atoms with Crippen molar-refractivity contribution < 1.29 is 55.7 Å². The summed E-state index contributed by atoms with van der Waals surface area (Å²) in [4.78, 5) is 40.4. The molecule has 16 heteroatoms. The molecule has 2 saturated heterocycles. The van der Waals surface area contributed by atoms with Crippen molar-refractivity contribution in [1.82, 2.24) is 19.7 Å². The Bertz CT molecular complexity index is 907. The maximum Gasteiger partial charge on any atom is 0.490 e. The Labute approximate surface area is 214 Å². The molecular formula is C22H30F6N4O6. The molecule has 216 valence electrons. The standard InChI is InChI=1S/C18H28N4O2.2C2HF3O2/c1-20(2)17(23)22-9-7-18(14-22)13-21(3)10-15(18)11-24-12-16-6-4-5-8-19-16;2*3-2(4,5)1(6)7/h4-6,8,15H,7,9-14H2,1-3H3;2*(H,6,7)/t15-,18-;;/m1../s1. The molecule has 1 spiro atoms. The van der Waals surface area contributed by atoms with E-state index in [1.54, 1.807) is 11.1 Å². The molecule has 3 rings (SSSR count). The molecule has 2 aliphatic heterocycles. The Hall–Kier alpha value is -3.14. The minimum absolute atomic E-state index is 0.120. The van der Waals surface area contributed by atoms with Crippen molar-refractivity contribution in [3.63, 3.8) is 0 Å². The van der Waals surface area contributed by atoms with Gasteiger partial charge in [0.05, 0.1) is 18.9 Å². The van der Waals surface area contributed by atoms with E-state index in [4.69, 9.17) is 24.5 Å². The molecule has 0 aromatic carbocycles. The van der Waals surface area contributed by atoms with Crippen molar-refractivity contribution in [1.29, 1.82) is 0 Å². The number of halogens is 6. The average Bonchev–Trinajstić information content (AvgIpc) is 3.36. The summed E-state index contributed by atoms with van der Waals surface area (Å²) in [6.45, 7) is 5.05. The van der Waals surface area contributed by atoms with Crippen molar-refractivity contribution in [3.8, 4) is 0 Å². The minimum atomic E-state index is -5.08. The van der Waals surface area contributed by atoms with E-state index in [0.29, 0.717) is 12.5 Å². The summed E-state index contributed by atoms with van der Waals surface area (Å²) in [5, 5.41) is 14.2. The molecule has 2 aliphatic rings. The average molecular weight is 560 g/mol.